The van der Waals surface area contributed by atoms with Crippen molar-refractivity contribution in [3.05, 3.63) is 47.3 Å². The van der Waals surface area contributed by atoms with Crippen molar-refractivity contribution in [3.8, 4) is 0 Å². The zero-order valence-corrected chi connectivity index (χ0v) is 9.15. The number of nitrogens with one attached hydrogen (secondary N) is 1. The molecule has 17 heavy (non-hydrogen) atoms. The average molecular weight is 253 g/mol. The lowest BCUT2D eigenvalue weighted by atomic mass is 10.2. The van der Waals surface area contributed by atoms with E-state index in [4.69, 9.17) is 11.6 Å². The van der Waals surface area contributed by atoms with Crippen LogP contribution in [0.4, 0.5) is 10.3 Å². The van der Waals surface area contributed by atoms with E-state index in [0.29, 0.717) is 0 Å². The van der Waals surface area contributed by atoms with E-state index in [2.05, 4.69) is 20.3 Å². The molecule has 2 aromatic rings. The van der Waals surface area contributed by atoms with Crippen molar-refractivity contribution in [1.29, 1.82) is 0 Å². The number of aromatic nitrogens is 3. The Morgan fingerprint density at radius 1 is 1.29 bits per heavy atom. The van der Waals surface area contributed by atoms with Crippen LogP contribution in [0.5, 0.6) is 0 Å². The lowest BCUT2D eigenvalue weighted by Gasteiger charge is -2.03. The maximum atomic E-state index is 13.2. The van der Waals surface area contributed by atoms with Gasteiger partial charge in [0.25, 0.3) is 5.91 Å². The van der Waals surface area contributed by atoms with Gasteiger partial charge >= 0.3 is 0 Å². The molecule has 0 unspecified atom stereocenters. The summed E-state index contributed by atoms with van der Waals surface area (Å²) in [5, 5.41) is 2.50. The summed E-state index contributed by atoms with van der Waals surface area (Å²) in [6.45, 7) is 0. The first kappa shape index (κ1) is 11.4. The number of nitrogens with zero attached hydrogens (tertiary/aromatic N) is 3. The van der Waals surface area contributed by atoms with Gasteiger partial charge in [-0.25, -0.2) is 15.0 Å². The molecule has 1 N–H and O–H groups in total. The van der Waals surface area contributed by atoms with Crippen LogP contribution in [-0.2, 0) is 0 Å². The van der Waals surface area contributed by atoms with Crippen LogP contribution in [0.2, 0.25) is 5.15 Å². The number of anilines is 1. The lowest BCUT2D eigenvalue weighted by Crippen LogP contribution is -2.16. The SMILES string of the molecule is O=C(Nc1nccc(Cl)n1)c1cccnc1F. The summed E-state index contributed by atoms with van der Waals surface area (Å²) in [5.74, 6) is -1.53. The van der Waals surface area contributed by atoms with E-state index in [-0.39, 0.29) is 16.7 Å². The number of rotatable bonds is 2. The first-order valence-corrected chi connectivity index (χ1v) is 4.95. The molecule has 0 fully saturated rings. The Labute approximate surface area is 101 Å². The molecular weight excluding hydrogens is 247 g/mol. The third kappa shape index (κ3) is 2.73. The van der Waals surface area contributed by atoms with Crippen molar-refractivity contribution >= 4 is 23.5 Å². The second-order valence-corrected chi connectivity index (χ2v) is 3.39. The molecule has 1 amide bonds. The van der Waals surface area contributed by atoms with Crippen LogP contribution >= 0.6 is 11.6 Å². The van der Waals surface area contributed by atoms with Crippen LogP contribution in [0.3, 0.4) is 0 Å². The molecule has 7 heteroatoms. The smallest absolute Gasteiger partial charge is 0.262 e. The van der Waals surface area contributed by atoms with Crippen molar-refractivity contribution < 1.29 is 9.18 Å². The number of carbonyl (C=O) groups is 1. The minimum Gasteiger partial charge on any atom is -0.290 e. The van der Waals surface area contributed by atoms with E-state index < -0.39 is 11.9 Å². The predicted molar refractivity (Wildman–Crippen MR) is 59.2 cm³/mol. The maximum Gasteiger partial charge on any atom is 0.262 e. The highest BCUT2D eigenvalue weighted by Crippen LogP contribution is 2.09. The highest BCUT2D eigenvalue weighted by molar-refractivity contribution is 6.29. The van der Waals surface area contributed by atoms with Gasteiger partial charge in [-0.2, -0.15) is 4.39 Å². The zero-order valence-electron chi connectivity index (χ0n) is 8.39. The van der Waals surface area contributed by atoms with Crippen LogP contribution in [-0.4, -0.2) is 20.9 Å². The van der Waals surface area contributed by atoms with E-state index >= 15 is 0 Å². The molecule has 0 spiro atoms. The Hall–Kier alpha value is -2.08. The van der Waals surface area contributed by atoms with Crippen LogP contribution in [0, 0.1) is 5.95 Å². The number of hydrogen-bond acceptors (Lipinski definition) is 4. The molecule has 0 radical (unpaired) electrons. The molecule has 0 saturated heterocycles. The first-order chi connectivity index (χ1) is 8.16. The van der Waals surface area contributed by atoms with E-state index in [1.807, 2.05) is 0 Å². The van der Waals surface area contributed by atoms with Crippen LogP contribution in [0.25, 0.3) is 0 Å². The molecular formula is C10H6ClFN4O. The Kier molecular flexibility index (Phi) is 3.24. The molecule has 0 aromatic carbocycles. The van der Waals surface area contributed by atoms with Crippen LogP contribution in [0.1, 0.15) is 10.4 Å². The third-order valence-electron chi connectivity index (χ3n) is 1.85. The number of amides is 1. The van der Waals surface area contributed by atoms with E-state index in [1.165, 1.54) is 30.6 Å². The van der Waals surface area contributed by atoms with Gasteiger partial charge in [0.2, 0.25) is 11.9 Å². The summed E-state index contributed by atoms with van der Waals surface area (Å²) in [7, 11) is 0. The van der Waals surface area contributed by atoms with Crippen molar-refractivity contribution in [2.75, 3.05) is 5.32 Å². The molecule has 0 atom stereocenters. The van der Waals surface area contributed by atoms with Gasteiger partial charge in [-0.05, 0) is 18.2 Å². The van der Waals surface area contributed by atoms with Gasteiger partial charge < -0.3 is 0 Å². The Balaban J connectivity index is 2.20. The fraction of sp³-hybridized carbons (Fsp3) is 0. The topological polar surface area (TPSA) is 67.8 Å². The molecule has 5 nitrogen and oxygen atoms in total. The monoisotopic (exact) mass is 252 g/mol. The van der Waals surface area contributed by atoms with Gasteiger partial charge in [-0.15, -0.1) is 0 Å². The number of hydrogen-bond donors (Lipinski definition) is 1. The molecule has 86 valence electrons. The summed E-state index contributed by atoms with van der Waals surface area (Å²) < 4.78 is 13.2. The highest BCUT2D eigenvalue weighted by atomic mass is 35.5. The maximum absolute atomic E-state index is 13.2. The quantitative estimate of drug-likeness (QED) is 0.655. The molecule has 0 aliphatic carbocycles. The highest BCUT2D eigenvalue weighted by Gasteiger charge is 2.13. The molecule has 2 rings (SSSR count). The number of carbonyl (C=O) groups excluding carboxylic acids is 1. The summed E-state index contributed by atoms with van der Waals surface area (Å²) in [6, 6.07) is 4.22. The summed E-state index contributed by atoms with van der Waals surface area (Å²) in [4.78, 5) is 22.5. The van der Waals surface area contributed by atoms with Gasteiger partial charge in [0.15, 0.2) is 0 Å². The Morgan fingerprint density at radius 2 is 2.12 bits per heavy atom. The molecule has 2 heterocycles. The average Bonchev–Trinajstić information content (AvgIpc) is 2.29. The van der Waals surface area contributed by atoms with Gasteiger partial charge in [-0.3, -0.25) is 10.1 Å². The fourth-order valence-corrected chi connectivity index (χ4v) is 1.26. The van der Waals surface area contributed by atoms with E-state index in [1.54, 1.807) is 0 Å². The number of pyridine rings is 1. The summed E-state index contributed by atoms with van der Waals surface area (Å²) in [6.07, 6.45) is 2.63. The first-order valence-electron chi connectivity index (χ1n) is 4.57. The minimum atomic E-state index is -0.855. The van der Waals surface area contributed by atoms with Gasteiger partial charge in [0.05, 0.1) is 5.56 Å². The molecule has 0 bridgehead atoms. The second kappa shape index (κ2) is 4.84. The van der Waals surface area contributed by atoms with Crippen molar-refractivity contribution in [3.63, 3.8) is 0 Å². The van der Waals surface area contributed by atoms with Gasteiger partial charge in [0.1, 0.15) is 5.15 Å². The second-order valence-electron chi connectivity index (χ2n) is 3.00. The van der Waals surface area contributed by atoms with Gasteiger partial charge in [0, 0.05) is 12.4 Å². The largest absolute Gasteiger partial charge is 0.290 e. The number of halogens is 2. The standard InChI is InChI=1S/C10H6ClFN4O/c11-7-3-5-14-10(15-7)16-9(17)6-2-1-4-13-8(6)12/h1-5H,(H,14,15,16,17). The zero-order chi connectivity index (χ0) is 12.3. The van der Waals surface area contributed by atoms with E-state index in [9.17, 15) is 9.18 Å². The van der Waals surface area contributed by atoms with Crippen molar-refractivity contribution in [1.82, 2.24) is 15.0 Å². The Morgan fingerprint density at radius 3 is 2.82 bits per heavy atom. The van der Waals surface area contributed by atoms with Gasteiger partial charge in [-0.1, -0.05) is 11.6 Å². The minimum absolute atomic E-state index is 0.00533. The van der Waals surface area contributed by atoms with Crippen LogP contribution in [0.15, 0.2) is 30.6 Å². The lowest BCUT2D eigenvalue weighted by molar-refractivity contribution is 0.102. The molecule has 0 saturated carbocycles. The van der Waals surface area contributed by atoms with Crippen molar-refractivity contribution in [2.45, 2.75) is 0 Å². The molecule has 0 aliphatic rings. The summed E-state index contributed by atoms with van der Waals surface area (Å²) in [5.41, 5.74) is -0.184. The van der Waals surface area contributed by atoms with Crippen LogP contribution < -0.4 is 5.32 Å². The van der Waals surface area contributed by atoms with Crippen molar-refractivity contribution in [2.24, 2.45) is 0 Å². The third-order valence-corrected chi connectivity index (χ3v) is 2.06. The molecule has 2 aromatic heterocycles. The predicted octanol–water partition coefficient (Wildman–Crippen LogP) is 1.92. The summed E-state index contributed by atoms with van der Waals surface area (Å²) >= 11 is 5.62. The Bertz CT molecular complexity index is 564. The van der Waals surface area contributed by atoms with E-state index in [0.717, 1.165) is 0 Å². The fourth-order valence-electron chi connectivity index (χ4n) is 1.12. The molecule has 0 aliphatic heterocycles. The normalized spacial score (nSPS) is 10.0.